The zero-order valence-corrected chi connectivity index (χ0v) is 12.1. The number of para-hydroxylation sites is 1. The summed E-state index contributed by atoms with van der Waals surface area (Å²) in [5.74, 6) is -0.0246. The van der Waals surface area contributed by atoms with Crippen LogP contribution in [0.1, 0.15) is 22.8 Å². The van der Waals surface area contributed by atoms with Gasteiger partial charge in [-0.1, -0.05) is 29.8 Å². The maximum absolute atomic E-state index is 12.0. The molecule has 0 amide bonds. The number of aryl methyl sites for hydroxylation is 1. The van der Waals surface area contributed by atoms with Crippen molar-refractivity contribution < 1.29 is 9.53 Å². The van der Waals surface area contributed by atoms with Crippen molar-refractivity contribution >= 4 is 29.1 Å². The normalized spacial score (nSPS) is 10.2. The van der Waals surface area contributed by atoms with E-state index in [1.807, 2.05) is 30.3 Å². The van der Waals surface area contributed by atoms with Crippen LogP contribution in [-0.4, -0.2) is 17.6 Å². The molecule has 1 aromatic heterocycles. The van der Waals surface area contributed by atoms with Gasteiger partial charge in [0.25, 0.3) is 0 Å². The second-order valence-corrected chi connectivity index (χ2v) is 4.56. The predicted molar refractivity (Wildman–Crippen MR) is 79.7 cm³/mol. The number of halogens is 1. The van der Waals surface area contributed by atoms with Crippen molar-refractivity contribution in [2.75, 3.05) is 11.9 Å². The molecule has 4 nitrogen and oxygen atoms in total. The van der Waals surface area contributed by atoms with Gasteiger partial charge in [-0.3, -0.25) is 0 Å². The van der Waals surface area contributed by atoms with Gasteiger partial charge in [-0.25, -0.2) is 9.78 Å². The van der Waals surface area contributed by atoms with E-state index in [-0.39, 0.29) is 0 Å². The summed E-state index contributed by atoms with van der Waals surface area (Å²) in [7, 11) is 0. The minimum Gasteiger partial charge on any atom is -0.462 e. The van der Waals surface area contributed by atoms with Crippen molar-refractivity contribution in [3.8, 4) is 0 Å². The van der Waals surface area contributed by atoms with Crippen LogP contribution in [0.25, 0.3) is 0 Å². The van der Waals surface area contributed by atoms with E-state index in [0.717, 1.165) is 11.3 Å². The van der Waals surface area contributed by atoms with Gasteiger partial charge in [0.05, 0.1) is 6.61 Å². The quantitative estimate of drug-likeness (QED) is 0.684. The fourth-order valence-corrected chi connectivity index (χ4v) is 1.85. The SMILES string of the molecule is CCOC(=O)c1cc(C)c(Cl)nc1Nc1ccccc1. The zero-order valence-electron chi connectivity index (χ0n) is 11.3. The number of hydrogen-bond donors (Lipinski definition) is 1. The first kappa shape index (κ1) is 14.3. The number of anilines is 2. The second kappa shape index (κ2) is 6.39. The minimum absolute atomic E-state index is 0.311. The molecule has 0 aliphatic heterocycles. The van der Waals surface area contributed by atoms with E-state index >= 15 is 0 Å². The average Bonchev–Trinajstić information content (AvgIpc) is 2.44. The molecule has 0 saturated heterocycles. The summed E-state index contributed by atoms with van der Waals surface area (Å²) < 4.78 is 5.04. The van der Waals surface area contributed by atoms with E-state index in [4.69, 9.17) is 16.3 Å². The highest BCUT2D eigenvalue weighted by Crippen LogP contribution is 2.24. The summed E-state index contributed by atoms with van der Waals surface area (Å²) in [6, 6.07) is 11.1. The largest absolute Gasteiger partial charge is 0.462 e. The summed E-state index contributed by atoms with van der Waals surface area (Å²) in [6.07, 6.45) is 0. The van der Waals surface area contributed by atoms with Gasteiger partial charge < -0.3 is 10.1 Å². The van der Waals surface area contributed by atoms with Gasteiger partial charge in [0.2, 0.25) is 0 Å². The predicted octanol–water partition coefficient (Wildman–Crippen LogP) is 3.96. The molecule has 0 bridgehead atoms. The Kier molecular flexibility index (Phi) is 4.58. The Hall–Kier alpha value is -2.07. The van der Waals surface area contributed by atoms with Crippen LogP contribution in [0, 0.1) is 6.92 Å². The molecule has 5 heteroatoms. The number of carbonyl (C=O) groups is 1. The standard InChI is InChI=1S/C15H15ClN2O2/c1-3-20-15(19)12-9-10(2)13(16)18-14(12)17-11-7-5-4-6-8-11/h4-9H,3H2,1-2H3,(H,17,18). The number of pyridine rings is 1. The smallest absolute Gasteiger partial charge is 0.341 e. The fraction of sp³-hybridized carbons (Fsp3) is 0.200. The molecule has 1 N–H and O–H groups in total. The molecule has 2 aromatic rings. The molecule has 0 aliphatic carbocycles. The van der Waals surface area contributed by atoms with Crippen molar-refractivity contribution in [3.05, 3.63) is 52.7 Å². The number of aromatic nitrogens is 1. The number of nitrogens with zero attached hydrogens (tertiary/aromatic N) is 1. The summed E-state index contributed by atoms with van der Waals surface area (Å²) in [5.41, 5.74) is 1.93. The lowest BCUT2D eigenvalue weighted by molar-refractivity contribution is 0.0527. The van der Waals surface area contributed by atoms with Crippen LogP contribution < -0.4 is 5.32 Å². The molecule has 0 spiro atoms. The highest BCUT2D eigenvalue weighted by molar-refractivity contribution is 6.30. The Morgan fingerprint density at radius 2 is 2.05 bits per heavy atom. The third-order valence-electron chi connectivity index (χ3n) is 2.68. The first-order chi connectivity index (χ1) is 9.61. The van der Waals surface area contributed by atoms with E-state index in [1.54, 1.807) is 19.9 Å². The lowest BCUT2D eigenvalue weighted by Gasteiger charge is -2.12. The monoisotopic (exact) mass is 290 g/mol. The van der Waals surface area contributed by atoms with Gasteiger partial charge in [-0.15, -0.1) is 0 Å². The Labute approximate surface area is 122 Å². The van der Waals surface area contributed by atoms with Gasteiger partial charge in [0.15, 0.2) is 0 Å². The van der Waals surface area contributed by atoms with Crippen LogP contribution in [-0.2, 0) is 4.74 Å². The maximum Gasteiger partial charge on any atom is 0.341 e. The number of nitrogens with one attached hydrogen (secondary N) is 1. The fourth-order valence-electron chi connectivity index (χ4n) is 1.71. The van der Waals surface area contributed by atoms with Crippen LogP contribution >= 0.6 is 11.6 Å². The van der Waals surface area contributed by atoms with Crippen molar-refractivity contribution in [1.82, 2.24) is 4.98 Å². The number of hydrogen-bond acceptors (Lipinski definition) is 4. The number of ether oxygens (including phenoxy) is 1. The number of benzene rings is 1. The van der Waals surface area contributed by atoms with E-state index in [0.29, 0.717) is 23.1 Å². The Morgan fingerprint density at radius 1 is 1.35 bits per heavy atom. The maximum atomic E-state index is 12.0. The Balaban J connectivity index is 2.40. The molecule has 0 unspecified atom stereocenters. The molecular formula is C15H15ClN2O2. The molecule has 1 heterocycles. The third kappa shape index (κ3) is 3.27. The summed E-state index contributed by atoms with van der Waals surface area (Å²) in [5, 5.41) is 3.44. The highest BCUT2D eigenvalue weighted by Gasteiger charge is 2.16. The second-order valence-electron chi connectivity index (χ2n) is 4.20. The molecule has 0 fully saturated rings. The van der Waals surface area contributed by atoms with Crippen molar-refractivity contribution in [2.24, 2.45) is 0 Å². The molecule has 0 aliphatic rings. The molecule has 1 aromatic carbocycles. The van der Waals surface area contributed by atoms with Crippen LogP contribution in [0.3, 0.4) is 0 Å². The first-order valence-electron chi connectivity index (χ1n) is 6.28. The molecular weight excluding hydrogens is 276 g/mol. The van der Waals surface area contributed by atoms with Gasteiger partial charge >= 0.3 is 5.97 Å². The summed E-state index contributed by atoms with van der Waals surface area (Å²) in [4.78, 5) is 16.2. The Morgan fingerprint density at radius 3 is 2.70 bits per heavy atom. The lowest BCUT2D eigenvalue weighted by Crippen LogP contribution is -2.10. The van der Waals surface area contributed by atoms with Gasteiger partial charge in [0.1, 0.15) is 16.5 Å². The molecule has 20 heavy (non-hydrogen) atoms. The summed E-state index contributed by atoms with van der Waals surface area (Å²) in [6.45, 7) is 3.87. The third-order valence-corrected chi connectivity index (χ3v) is 3.07. The zero-order chi connectivity index (χ0) is 14.5. The van der Waals surface area contributed by atoms with Crippen molar-refractivity contribution in [2.45, 2.75) is 13.8 Å². The number of esters is 1. The minimum atomic E-state index is -0.418. The Bertz CT molecular complexity index is 615. The van der Waals surface area contributed by atoms with Crippen LogP contribution in [0.5, 0.6) is 0 Å². The van der Waals surface area contributed by atoms with E-state index in [2.05, 4.69) is 10.3 Å². The van der Waals surface area contributed by atoms with Crippen molar-refractivity contribution in [1.29, 1.82) is 0 Å². The summed E-state index contributed by atoms with van der Waals surface area (Å²) >= 11 is 6.03. The van der Waals surface area contributed by atoms with E-state index in [1.165, 1.54) is 0 Å². The molecule has 2 rings (SSSR count). The number of rotatable bonds is 4. The lowest BCUT2D eigenvalue weighted by atomic mass is 10.2. The van der Waals surface area contributed by atoms with Gasteiger partial charge in [0, 0.05) is 5.69 Å². The van der Waals surface area contributed by atoms with Crippen LogP contribution in [0.2, 0.25) is 5.15 Å². The van der Waals surface area contributed by atoms with Crippen molar-refractivity contribution in [3.63, 3.8) is 0 Å². The van der Waals surface area contributed by atoms with Gasteiger partial charge in [-0.05, 0) is 37.6 Å². The first-order valence-corrected chi connectivity index (χ1v) is 6.66. The highest BCUT2D eigenvalue weighted by atomic mass is 35.5. The molecule has 0 saturated carbocycles. The topological polar surface area (TPSA) is 51.2 Å². The molecule has 0 radical (unpaired) electrons. The molecule has 104 valence electrons. The van der Waals surface area contributed by atoms with E-state index in [9.17, 15) is 4.79 Å². The van der Waals surface area contributed by atoms with Crippen LogP contribution in [0.4, 0.5) is 11.5 Å². The van der Waals surface area contributed by atoms with Gasteiger partial charge in [-0.2, -0.15) is 0 Å². The van der Waals surface area contributed by atoms with Crippen LogP contribution in [0.15, 0.2) is 36.4 Å². The molecule has 0 atom stereocenters. The number of carbonyl (C=O) groups excluding carboxylic acids is 1. The average molecular weight is 291 g/mol. The van der Waals surface area contributed by atoms with E-state index < -0.39 is 5.97 Å².